The van der Waals surface area contributed by atoms with Crippen molar-refractivity contribution in [1.82, 2.24) is 15.3 Å². The van der Waals surface area contributed by atoms with Gasteiger partial charge in [-0.3, -0.25) is 9.78 Å². The molecule has 0 aliphatic carbocycles. The number of aromatic amines is 1. The van der Waals surface area contributed by atoms with Crippen LogP contribution in [0.5, 0.6) is 0 Å². The van der Waals surface area contributed by atoms with Crippen LogP contribution in [-0.2, 0) is 13.0 Å². The largest absolute Gasteiger partial charge is 0.505 e. The predicted molar refractivity (Wildman–Crippen MR) is 83.8 cm³/mol. The fourth-order valence-electron chi connectivity index (χ4n) is 2.18. The van der Waals surface area contributed by atoms with Crippen molar-refractivity contribution in [2.24, 2.45) is 0 Å². The lowest BCUT2D eigenvalue weighted by atomic mass is 10.1. The number of hydrogen-bond acceptors (Lipinski definition) is 4. The van der Waals surface area contributed by atoms with Crippen LogP contribution in [0.1, 0.15) is 21.7 Å². The van der Waals surface area contributed by atoms with Crippen LogP contribution in [-0.4, -0.2) is 38.8 Å². The molecule has 134 valence electrons. The third kappa shape index (κ3) is 4.60. The molecule has 2 aromatic rings. The summed E-state index contributed by atoms with van der Waals surface area (Å²) in [6.07, 6.45) is -2.17. The molecule has 1 aliphatic rings. The number of hydrogen-bond donors (Lipinski definition) is 4. The Morgan fingerprint density at radius 3 is 2.60 bits per heavy atom. The summed E-state index contributed by atoms with van der Waals surface area (Å²) in [5.41, 5.74) is 4.10. The minimum atomic E-state index is -4.64. The van der Waals surface area contributed by atoms with Gasteiger partial charge in [0.1, 0.15) is 0 Å². The molecular weight excluding hydrogens is 339 g/mol. The highest BCUT2D eigenvalue weighted by atomic mass is 19.4. The van der Waals surface area contributed by atoms with Crippen molar-refractivity contribution >= 4 is 5.91 Å². The Morgan fingerprint density at radius 1 is 1.36 bits per heavy atom. The molecule has 4 N–H and O–H groups in total. The third-order valence-electron chi connectivity index (χ3n) is 3.42. The molecule has 1 amide bonds. The Labute approximate surface area is 141 Å². The molecule has 0 unspecified atom stereocenters. The van der Waals surface area contributed by atoms with E-state index in [-0.39, 0.29) is 12.5 Å². The zero-order valence-corrected chi connectivity index (χ0v) is 13.0. The number of fused-ring (bicyclic) bond motifs is 1. The van der Waals surface area contributed by atoms with Gasteiger partial charge in [0.15, 0.2) is 5.76 Å². The lowest BCUT2D eigenvalue weighted by molar-refractivity contribution is -0.119. The fraction of sp³-hybridized carbons (Fsp3) is 0.250. The number of rotatable bonds is 2. The first kappa shape index (κ1) is 18.5. The number of allylic oxidation sites excluding steroid dienone is 1. The molecule has 0 saturated heterocycles. The number of H-pyrrole nitrogens is 1. The molecule has 3 rings (SSSR count). The van der Waals surface area contributed by atoms with E-state index in [1.807, 2.05) is 18.2 Å². The average Bonchev–Trinajstić information content (AvgIpc) is 3.00. The lowest BCUT2D eigenvalue weighted by Gasteiger charge is -2.10. The van der Waals surface area contributed by atoms with Crippen LogP contribution in [0.25, 0.3) is 11.3 Å². The van der Waals surface area contributed by atoms with Crippen LogP contribution >= 0.6 is 0 Å². The molecule has 6 nitrogen and oxygen atoms in total. The van der Waals surface area contributed by atoms with E-state index in [9.17, 15) is 18.0 Å². The Morgan fingerprint density at radius 2 is 2.04 bits per heavy atom. The van der Waals surface area contributed by atoms with Crippen LogP contribution in [0.2, 0.25) is 0 Å². The number of carbonyl (C=O) groups is 1. The van der Waals surface area contributed by atoms with Crippen molar-refractivity contribution in [3.8, 4) is 11.3 Å². The first-order chi connectivity index (χ1) is 11.7. The van der Waals surface area contributed by atoms with Gasteiger partial charge in [0.25, 0.3) is 5.91 Å². The van der Waals surface area contributed by atoms with E-state index in [1.165, 1.54) is 0 Å². The van der Waals surface area contributed by atoms with Crippen molar-refractivity contribution in [1.29, 1.82) is 0 Å². The first-order valence-electron chi connectivity index (χ1n) is 7.23. The summed E-state index contributed by atoms with van der Waals surface area (Å²) < 4.78 is 32.5. The Balaban J connectivity index is 0.000000277. The second-order valence-electron chi connectivity index (χ2n) is 5.22. The van der Waals surface area contributed by atoms with Gasteiger partial charge in [0, 0.05) is 36.1 Å². The molecule has 0 fully saturated rings. The van der Waals surface area contributed by atoms with Crippen LogP contribution in [0.3, 0.4) is 0 Å². The maximum Gasteiger partial charge on any atom is 0.448 e. The van der Waals surface area contributed by atoms with Crippen molar-refractivity contribution in [2.45, 2.75) is 19.2 Å². The zero-order valence-electron chi connectivity index (χ0n) is 13.0. The van der Waals surface area contributed by atoms with Crippen LogP contribution in [0.4, 0.5) is 13.2 Å². The van der Waals surface area contributed by atoms with Crippen molar-refractivity contribution in [3.63, 3.8) is 0 Å². The van der Waals surface area contributed by atoms with Crippen LogP contribution < -0.4 is 5.32 Å². The Hall–Kier alpha value is -2.81. The molecule has 9 heteroatoms. The summed E-state index contributed by atoms with van der Waals surface area (Å²) in [5.74, 6) is -1.79. The Bertz CT molecular complexity index is 784. The fourth-order valence-corrected chi connectivity index (χ4v) is 2.18. The molecule has 0 saturated carbocycles. The minimum absolute atomic E-state index is 0.0322. The van der Waals surface area contributed by atoms with Gasteiger partial charge in [0.05, 0.1) is 17.9 Å². The highest BCUT2D eigenvalue weighted by Gasteiger charge is 2.31. The van der Waals surface area contributed by atoms with E-state index in [0.717, 1.165) is 23.4 Å². The average molecular weight is 355 g/mol. The molecule has 1 aliphatic heterocycles. The highest BCUT2D eigenvalue weighted by molar-refractivity contribution is 5.97. The number of alkyl halides is 3. The van der Waals surface area contributed by atoms with Crippen LogP contribution in [0.15, 0.2) is 36.7 Å². The number of amides is 1. The van der Waals surface area contributed by atoms with E-state index < -0.39 is 11.9 Å². The van der Waals surface area contributed by atoms with E-state index in [0.29, 0.717) is 17.8 Å². The second kappa shape index (κ2) is 7.39. The maximum absolute atomic E-state index is 11.7. The normalized spacial score (nSPS) is 13.4. The van der Waals surface area contributed by atoms with Crippen molar-refractivity contribution in [3.05, 3.63) is 53.7 Å². The minimum Gasteiger partial charge on any atom is -0.505 e. The smallest absolute Gasteiger partial charge is 0.448 e. The first-order valence-corrected chi connectivity index (χ1v) is 7.23. The number of aromatic nitrogens is 2. The second-order valence-corrected chi connectivity index (χ2v) is 5.22. The molecule has 0 spiro atoms. The number of nitrogens with zero attached hydrogens (tertiary/aromatic N) is 1. The monoisotopic (exact) mass is 355 g/mol. The number of carbonyl (C=O) groups excluding carboxylic acids is 1. The van der Waals surface area contributed by atoms with E-state index in [1.54, 1.807) is 6.20 Å². The molecule has 2 aromatic heterocycles. The molecule has 3 heterocycles. The van der Waals surface area contributed by atoms with Gasteiger partial charge in [-0.05, 0) is 18.2 Å². The number of aliphatic hydroxyl groups excluding tert-OH is 2. The van der Waals surface area contributed by atoms with Crippen molar-refractivity contribution < 1.29 is 28.2 Å². The molecule has 0 radical (unpaired) electrons. The summed E-state index contributed by atoms with van der Waals surface area (Å²) >= 11 is 0. The van der Waals surface area contributed by atoms with Gasteiger partial charge < -0.3 is 20.5 Å². The van der Waals surface area contributed by atoms with Gasteiger partial charge in [-0.1, -0.05) is 6.58 Å². The predicted octanol–water partition coefficient (Wildman–Crippen LogP) is 2.48. The molecule has 0 aromatic carbocycles. The topological polar surface area (TPSA) is 98.2 Å². The Kier molecular flexibility index (Phi) is 5.48. The van der Waals surface area contributed by atoms with Gasteiger partial charge in [-0.2, -0.15) is 13.2 Å². The molecule has 0 atom stereocenters. The summed E-state index contributed by atoms with van der Waals surface area (Å²) in [7, 11) is 0. The van der Waals surface area contributed by atoms with Crippen molar-refractivity contribution in [2.75, 3.05) is 6.54 Å². The van der Waals surface area contributed by atoms with Gasteiger partial charge in [-0.25, -0.2) is 0 Å². The lowest BCUT2D eigenvalue weighted by Crippen LogP contribution is -2.31. The SMILES string of the molecule is C=C(O)C(F)(F)F.O=C1NCCc2[nH]c(-c3ccnc(CO)c3)cc21. The van der Waals surface area contributed by atoms with E-state index in [4.69, 9.17) is 10.2 Å². The van der Waals surface area contributed by atoms with Gasteiger partial charge in [-0.15, -0.1) is 0 Å². The summed E-state index contributed by atoms with van der Waals surface area (Å²) in [6, 6.07) is 5.52. The van der Waals surface area contributed by atoms with E-state index >= 15 is 0 Å². The van der Waals surface area contributed by atoms with Crippen LogP contribution in [0, 0.1) is 0 Å². The molecule has 0 bridgehead atoms. The number of nitrogens with one attached hydrogen (secondary N) is 2. The van der Waals surface area contributed by atoms with Gasteiger partial charge in [0.2, 0.25) is 0 Å². The number of aliphatic hydroxyl groups is 2. The highest BCUT2D eigenvalue weighted by Crippen LogP contribution is 2.24. The number of pyridine rings is 1. The van der Waals surface area contributed by atoms with Gasteiger partial charge >= 0.3 is 6.18 Å². The standard InChI is InChI=1S/C13H13N3O2.C3H3F3O/c17-7-9-5-8(1-3-14-9)12-6-10-11(16-12)2-4-15-13(10)18;1-2(7)3(4,5)6/h1,3,5-6,16-17H,2,4,7H2,(H,15,18);7H,1H2. The number of halogens is 3. The molecule has 25 heavy (non-hydrogen) atoms. The van der Waals surface area contributed by atoms with E-state index in [2.05, 4.69) is 21.9 Å². The molecular formula is C16H16F3N3O3. The summed E-state index contributed by atoms with van der Waals surface area (Å²) in [5, 5.41) is 19.5. The quantitative estimate of drug-likeness (QED) is 0.622. The summed E-state index contributed by atoms with van der Waals surface area (Å²) in [6.45, 7) is 2.84. The summed E-state index contributed by atoms with van der Waals surface area (Å²) in [4.78, 5) is 19.0. The zero-order chi connectivity index (χ0) is 18.6. The third-order valence-corrected chi connectivity index (χ3v) is 3.42. The maximum atomic E-state index is 11.7.